The van der Waals surface area contributed by atoms with Crippen LogP contribution in [0.1, 0.15) is 41.9 Å². The minimum Gasteiger partial charge on any atom is -0.317 e. The van der Waals surface area contributed by atoms with Crippen LogP contribution >= 0.6 is 0 Å². The smallest absolute Gasteiger partial charge is 0.00431 e. The van der Waals surface area contributed by atoms with Crippen LogP contribution in [0.15, 0.2) is 18.2 Å². The molecule has 0 radical (unpaired) electrons. The van der Waals surface area contributed by atoms with E-state index in [4.69, 9.17) is 0 Å². The molecule has 1 N–H and O–H groups in total. The molecular weight excluding hydrogens is 182 g/mol. The Kier molecular flexibility index (Phi) is 3.42. The van der Waals surface area contributed by atoms with Crippen molar-refractivity contribution in [2.45, 2.75) is 39.0 Å². The number of hydrogen-bond donors (Lipinski definition) is 1. The summed E-state index contributed by atoms with van der Waals surface area (Å²) in [6, 6.07) is 6.90. The molecule has 1 aliphatic heterocycles. The molecule has 0 spiro atoms. The summed E-state index contributed by atoms with van der Waals surface area (Å²) in [6.07, 6.45) is 3.96. The van der Waals surface area contributed by atoms with Crippen LogP contribution in [-0.2, 0) is 0 Å². The first-order valence-corrected chi connectivity index (χ1v) is 6.05. The molecule has 1 saturated heterocycles. The summed E-state index contributed by atoms with van der Waals surface area (Å²) in [5, 5.41) is 3.48. The van der Waals surface area contributed by atoms with Gasteiger partial charge in [0.1, 0.15) is 0 Å². The van der Waals surface area contributed by atoms with Gasteiger partial charge in [0.2, 0.25) is 0 Å². The first-order valence-electron chi connectivity index (χ1n) is 6.05. The van der Waals surface area contributed by atoms with Gasteiger partial charge in [-0.25, -0.2) is 0 Å². The minimum absolute atomic E-state index is 0.778. The number of nitrogens with one attached hydrogen (secondary N) is 1. The van der Waals surface area contributed by atoms with E-state index in [0.717, 1.165) is 5.92 Å². The molecule has 1 aromatic rings. The molecular formula is C14H21N. The van der Waals surface area contributed by atoms with Crippen LogP contribution in [0, 0.1) is 13.8 Å². The Labute approximate surface area is 92.9 Å². The Bertz CT molecular complexity index is 322. The molecule has 0 aromatic heterocycles. The van der Waals surface area contributed by atoms with Gasteiger partial charge in [-0.05, 0) is 63.2 Å². The molecule has 82 valence electrons. The van der Waals surface area contributed by atoms with Gasteiger partial charge in [0, 0.05) is 0 Å². The highest BCUT2D eigenvalue weighted by atomic mass is 14.8. The van der Waals surface area contributed by atoms with Crippen LogP contribution in [0.4, 0.5) is 0 Å². The van der Waals surface area contributed by atoms with Crippen molar-refractivity contribution in [1.29, 1.82) is 0 Å². The molecule has 1 nitrogen and oxygen atoms in total. The van der Waals surface area contributed by atoms with E-state index in [2.05, 4.69) is 37.4 Å². The van der Waals surface area contributed by atoms with Gasteiger partial charge < -0.3 is 5.32 Å². The van der Waals surface area contributed by atoms with Crippen molar-refractivity contribution in [3.05, 3.63) is 34.9 Å². The number of aryl methyl sites for hydroxylation is 2. The first kappa shape index (κ1) is 10.7. The van der Waals surface area contributed by atoms with E-state index in [1.807, 2.05) is 0 Å². The first-order chi connectivity index (χ1) is 7.27. The summed E-state index contributed by atoms with van der Waals surface area (Å²) in [5.41, 5.74) is 4.43. The lowest BCUT2D eigenvalue weighted by Crippen LogP contribution is -2.13. The molecule has 0 aliphatic carbocycles. The van der Waals surface area contributed by atoms with E-state index in [1.165, 1.54) is 43.5 Å². The largest absolute Gasteiger partial charge is 0.317 e. The Hall–Kier alpha value is -0.820. The molecule has 1 atom stereocenters. The van der Waals surface area contributed by atoms with E-state index in [0.29, 0.717) is 0 Å². The average Bonchev–Trinajstić information content (AvgIpc) is 2.46. The summed E-state index contributed by atoms with van der Waals surface area (Å²) in [4.78, 5) is 0. The Balaban J connectivity index is 2.19. The van der Waals surface area contributed by atoms with Gasteiger partial charge in [-0.2, -0.15) is 0 Å². The highest BCUT2D eigenvalue weighted by molar-refractivity contribution is 5.33. The maximum absolute atomic E-state index is 3.48. The zero-order valence-corrected chi connectivity index (χ0v) is 9.84. The fraction of sp³-hybridized carbons (Fsp3) is 0.571. The summed E-state index contributed by atoms with van der Waals surface area (Å²) in [6.45, 7) is 6.80. The number of rotatable bonds is 1. The predicted molar refractivity (Wildman–Crippen MR) is 65.4 cm³/mol. The SMILES string of the molecule is Cc1ccc(C2CCCNCC2)c(C)c1. The lowest BCUT2D eigenvalue weighted by atomic mass is 9.88. The van der Waals surface area contributed by atoms with Crippen LogP contribution in [0.2, 0.25) is 0 Å². The van der Waals surface area contributed by atoms with Crippen molar-refractivity contribution in [1.82, 2.24) is 5.32 Å². The second-order valence-corrected chi connectivity index (χ2v) is 4.74. The van der Waals surface area contributed by atoms with Crippen molar-refractivity contribution in [2.75, 3.05) is 13.1 Å². The molecule has 1 heterocycles. The quantitative estimate of drug-likeness (QED) is 0.739. The molecule has 0 bridgehead atoms. The van der Waals surface area contributed by atoms with Gasteiger partial charge in [0.15, 0.2) is 0 Å². The molecule has 0 saturated carbocycles. The van der Waals surface area contributed by atoms with Crippen molar-refractivity contribution >= 4 is 0 Å². The van der Waals surface area contributed by atoms with Crippen LogP contribution < -0.4 is 5.32 Å². The molecule has 1 aliphatic rings. The average molecular weight is 203 g/mol. The van der Waals surface area contributed by atoms with E-state index in [-0.39, 0.29) is 0 Å². The lowest BCUT2D eigenvalue weighted by Gasteiger charge is -2.17. The third-order valence-electron chi connectivity index (χ3n) is 3.44. The molecule has 1 fully saturated rings. The van der Waals surface area contributed by atoms with Crippen LogP contribution in [0.25, 0.3) is 0 Å². The van der Waals surface area contributed by atoms with Crippen molar-refractivity contribution in [3.63, 3.8) is 0 Å². The standard InChI is InChI=1S/C14H21N/c1-11-5-6-14(12(2)10-11)13-4-3-8-15-9-7-13/h5-6,10,13,15H,3-4,7-9H2,1-2H3. The van der Waals surface area contributed by atoms with Crippen molar-refractivity contribution in [3.8, 4) is 0 Å². The number of hydrogen-bond acceptors (Lipinski definition) is 1. The van der Waals surface area contributed by atoms with Crippen molar-refractivity contribution in [2.24, 2.45) is 0 Å². The molecule has 0 amide bonds. The fourth-order valence-corrected chi connectivity index (χ4v) is 2.61. The van der Waals surface area contributed by atoms with Gasteiger partial charge in [-0.3, -0.25) is 0 Å². The highest BCUT2D eigenvalue weighted by Crippen LogP contribution is 2.28. The fourth-order valence-electron chi connectivity index (χ4n) is 2.61. The Morgan fingerprint density at radius 3 is 2.80 bits per heavy atom. The van der Waals surface area contributed by atoms with Gasteiger partial charge in [-0.15, -0.1) is 0 Å². The normalized spacial score (nSPS) is 22.4. The van der Waals surface area contributed by atoms with Crippen LogP contribution in [0.3, 0.4) is 0 Å². The molecule has 2 rings (SSSR count). The predicted octanol–water partition coefficient (Wildman–Crippen LogP) is 3.16. The van der Waals surface area contributed by atoms with Gasteiger partial charge in [0.25, 0.3) is 0 Å². The van der Waals surface area contributed by atoms with Gasteiger partial charge in [-0.1, -0.05) is 23.8 Å². The Morgan fingerprint density at radius 1 is 1.13 bits per heavy atom. The monoisotopic (exact) mass is 203 g/mol. The Morgan fingerprint density at radius 2 is 2.00 bits per heavy atom. The third kappa shape index (κ3) is 2.60. The zero-order valence-electron chi connectivity index (χ0n) is 9.84. The zero-order chi connectivity index (χ0) is 10.7. The van der Waals surface area contributed by atoms with E-state index in [9.17, 15) is 0 Å². The third-order valence-corrected chi connectivity index (χ3v) is 3.44. The second kappa shape index (κ2) is 4.80. The molecule has 1 unspecified atom stereocenters. The van der Waals surface area contributed by atoms with Crippen LogP contribution in [0.5, 0.6) is 0 Å². The molecule has 15 heavy (non-hydrogen) atoms. The van der Waals surface area contributed by atoms with E-state index < -0.39 is 0 Å². The summed E-state index contributed by atoms with van der Waals surface area (Å²) >= 11 is 0. The minimum atomic E-state index is 0.778. The van der Waals surface area contributed by atoms with Crippen LogP contribution in [-0.4, -0.2) is 13.1 Å². The van der Waals surface area contributed by atoms with E-state index >= 15 is 0 Å². The van der Waals surface area contributed by atoms with Gasteiger partial charge >= 0.3 is 0 Å². The summed E-state index contributed by atoms with van der Waals surface area (Å²) in [5.74, 6) is 0.778. The molecule has 1 aromatic carbocycles. The summed E-state index contributed by atoms with van der Waals surface area (Å²) in [7, 11) is 0. The summed E-state index contributed by atoms with van der Waals surface area (Å²) < 4.78 is 0. The molecule has 1 heteroatoms. The number of benzene rings is 1. The van der Waals surface area contributed by atoms with Crippen molar-refractivity contribution < 1.29 is 0 Å². The highest BCUT2D eigenvalue weighted by Gasteiger charge is 2.15. The van der Waals surface area contributed by atoms with E-state index in [1.54, 1.807) is 5.56 Å². The maximum atomic E-state index is 3.48. The maximum Gasteiger partial charge on any atom is -0.00431 e. The topological polar surface area (TPSA) is 12.0 Å². The lowest BCUT2D eigenvalue weighted by molar-refractivity contribution is 0.606. The second-order valence-electron chi connectivity index (χ2n) is 4.74. The van der Waals surface area contributed by atoms with Gasteiger partial charge in [0.05, 0.1) is 0 Å².